The van der Waals surface area contributed by atoms with E-state index in [4.69, 9.17) is 10.2 Å². The molecule has 0 aliphatic rings. The van der Waals surface area contributed by atoms with Gasteiger partial charge in [0.15, 0.2) is 0 Å². The van der Waals surface area contributed by atoms with E-state index in [0.29, 0.717) is 12.3 Å². The molecule has 2 unspecified atom stereocenters. The Morgan fingerprint density at radius 3 is 1.65 bits per heavy atom. The summed E-state index contributed by atoms with van der Waals surface area (Å²) in [5.41, 5.74) is 0. The molecule has 26 heavy (non-hydrogen) atoms. The zero-order chi connectivity index (χ0) is 19.6. The van der Waals surface area contributed by atoms with Crippen molar-refractivity contribution >= 4 is 11.9 Å². The molecule has 4 heteroatoms. The maximum Gasteiger partial charge on any atom is 0.307 e. The fourth-order valence-corrected chi connectivity index (χ4v) is 3.65. The van der Waals surface area contributed by atoms with Crippen molar-refractivity contribution in [3.8, 4) is 0 Å². The lowest BCUT2D eigenvalue weighted by Gasteiger charge is -2.16. The predicted molar refractivity (Wildman–Crippen MR) is 107 cm³/mol. The average Bonchev–Trinajstić information content (AvgIpc) is 2.60. The highest BCUT2D eigenvalue weighted by molar-refractivity contribution is 5.77. The Morgan fingerprint density at radius 2 is 1.19 bits per heavy atom. The highest BCUT2D eigenvalue weighted by atomic mass is 16.4. The molecule has 4 nitrogen and oxygen atoms in total. The van der Waals surface area contributed by atoms with Gasteiger partial charge in [-0.1, -0.05) is 104 Å². The summed E-state index contributed by atoms with van der Waals surface area (Å²) in [4.78, 5) is 21.8. The molecule has 0 rings (SSSR count). The molecule has 0 aromatic heterocycles. The highest BCUT2D eigenvalue weighted by Crippen LogP contribution is 2.23. The number of carboxylic acids is 2. The minimum Gasteiger partial charge on any atom is -0.481 e. The Balaban J connectivity index is 3.67. The fourth-order valence-electron chi connectivity index (χ4n) is 3.65. The SMILES string of the molecule is CCCCCCCCCCCCC(CC)CCCC(CC(=O)O)C(=O)O. The highest BCUT2D eigenvalue weighted by Gasteiger charge is 2.20. The monoisotopic (exact) mass is 370 g/mol. The molecule has 0 aliphatic heterocycles. The molecular weight excluding hydrogens is 328 g/mol. The Morgan fingerprint density at radius 1 is 0.692 bits per heavy atom. The number of carbonyl (C=O) groups is 2. The second kappa shape index (κ2) is 17.4. The van der Waals surface area contributed by atoms with Gasteiger partial charge in [0.25, 0.3) is 0 Å². The first kappa shape index (κ1) is 24.9. The van der Waals surface area contributed by atoms with Gasteiger partial charge in [-0.3, -0.25) is 9.59 Å². The lowest BCUT2D eigenvalue weighted by Crippen LogP contribution is -2.18. The van der Waals surface area contributed by atoms with E-state index in [9.17, 15) is 9.59 Å². The van der Waals surface area contributed by atoms with Crippen molar-refractivity contribution in [3.63, 3.8) is 0 Å². The van der Waals surface area contributed by atoms with Gasteiger partial charge in [0.2, 0.25) is 0 Å². The first-order chi connectivity index (χ1) is 12.5. The topological polar surface area (TPSA) is 74.6 Å². The lowest BCUT2D eigenvalue weighted by atomic mass is 9.90. The lowest BCUT2D eigenvalue weighted by molar-refractivity contribution is -0.148. The van der Waals surface area contributed by atoms with Crippen LogP contribution < -0.4 is 0 Å². The Hall–Kier alpha value is -1.06. The summed E-state index contributed by atoms with van der Waals surface area (Å²) < 4.78 is 0. The first-order valence-electron chi connectivity index (χ1n) is 11.0. The number of rotatable bonds is 19. The second-order valence-electron chi connectivity index (χ2n) is 7.81. The number of hydrogen-bond donors (Lipinski definition) is 2. The normalized spacial score (nSPS) is 13.5. The summed E-state index contributed by atoms with van der Waals surface area (Å²) in [6.45, 7) is 4.46. The number of carboxylic acid groups (broad SMARTS) is 2. The van der Waals surface area contributed by atoms with Crippen LogP contribution in [0.25, 0.3) is 0 Å². The van der Waals surface area contributed by atoms with Gasteiger partial charge in [0.1, 0.15) is 0 Å². The van der Waals surface area contributed by atoms with E-state index < -0.39 is 17.9 Å². The van der Waals surface area contributed by atoms with Crippen LogP contribution in [0.3, 0.4) is 0 Å². The molecule has 0 bridgehead atoms. The minimum absolute atomic E-state index is 0.259. The second-order valence-corrected chi connectivity index (χ2v) is 7.81. The first-order valence-corrected chi connectivity index (χ1v) is 11.0. The molecule has 0 aliphatic carbocycles. The Labute approximate surface area is 160 Å². The van der Waals surface area contributed by atoms with Gasteiger partial charge < -0.3 is 10.2 Å². The number of unbranched alkanes of at least 4 members (excludes halogenated alkanes) is 9. The molecule has 0 radical (unpaired) electrons. The molecule has 0 aromatic carbocycles. The van der Waals surface area contributed by atoms with E-state index in [0.717, 1.165) is 19.3 Å². The van der Waals surface area contributed by atoms with Gasteiger partial charge >= 0.3 is 11.9 Å². The van der Waals surface area contributed by atoms with Gasteiger partial charge in [-0.15, -0.1) is 0 Å². The maximum atomic E-state index is 11.1. The van der Waals surface area contributed by atoms with E-state index >= 15 is 0 Å². The van der Waals surface area contributed by atoms with Gasteiger partial charge in [0, 0.05) is 0 Å². The van der Waals surface area contributed by atoms with E-state index in [1.165, 1.54) is 70.6 Å². The number of hydrogen-bond acceptors (Lipinski definition) is 2. The molecule has 0 amide bonds. The molecule has 154 valence electrons. The van der Waals surface area contributed by atoms with E-state index in [-0.39, 0.29) is 6.42 Å². The smallest absolute Gasteiger partial charge is 0.307 e. The van der Waals surface area contributed by atoms with Crippen molar-refractivity contribution in [2.75, 3.05) is 0 Å². The summed E-state index contributed by atoms with van der Waals surface area (Å²) in [5.74, 6) is -2.07. The van der Waals surface area contributed by atoms with Crippen molar-refractivity contribution in [1.29, 1.82) is 0 Å². The van der Waals surface area contributed by atoms with Gasteiger partial charge in [0.05, 0.1) is 12.3 Å². The maximum absolute atomic E-state index is 11.1. The molecule has 0 aromatic rings. The minimum atomic E-state index is -1.02. The van der Waals surface area contributed by atoms with Crippen LogP contribution in [0.4, 0.5) is 0 Å². The average molecular weight is 371 g/mol. The summed E-state index contributed by atoms with van der Waals surface area (Å²) >= 11 is 0. The Bertz CT molecular complexity index is 354. The summed E-state index contributed by atoms with van der Waals surface area (Å²) in [6, 6.07) is 0. The van der Waals surface area contributed by atoms with Crippen LogP contribution in [0.2, 0.25) is 0 Å². The zero-order valence-electron chi connectivity index (χ0n) is 17.2. The van der Waals surface area contributed by atoms with Crippen molar-refractivity contribution < 1.29 is 19.8 Å². The molecule has 0 saturated heterocycles. The van der Waals surface area contributed by atoms with E-state index in [2.05, 4.69) is 13.8 Å². The third kappa shape index (κ3) is 15.2. The molecule has 0 heterocycles. The summed E-state index contributed by atoms with van der Waals surface area (Å²) in [6.07, 6.45) is 17.9. The van der Waals surface area contributed by atoms with Crippen LogP contribution in [0.1, 0.15) is 117 Å². The third-order valence-corrected chi connectivity index (χ3v) is 5.48. The van der Waals surface area contributed by atoms with Gasteiger partial charge in [-0.25, -0.2) is 0 Å². The molecular formula is C22H42O4. The van der Waals surface area contributed by atoms with E-state index in [1.54, 1.807) is 0 Å². The fraction of sp³-hybridized carbons (Fsp3) is 0.909. The van der Waals surface area contributed by atoms with Crippen molar-refractivity contribution in [3.05, 3.63) is 0 Å². The van der Waals surface area contributed by atoms with Crippen molar-refractivity contribution in [1.82, 2.24) is 0 Å². The van der Waals surface area contributed by atoms with Gasteiger partial charge in [-0.05, 0) is 12.3 Å². The standard InChI is InChI=1S/C22H42O4/c1-3-5-6-7-8-9-10-11-12-13-15-19(4-2)16-14-17-20(22(25)26)18-21(23)24/h19-20H,3-18H2,1-2H3,(H,23,24)(H,25,26). The van der Waals surface area contributed by atoms with Crippen LogP contribution >= 0.6 is 0 Å². The largest absolute Gasteiger partial charge is 0.481 e. The molecule has 2 atom stereocenters. The van der Waals surface area contributed by atoms with Gasteiger partial charge in [-0.2, -0.15) is 0 Å². The predicted octanol–water partition coefficient (Wildman–Crippen LogP) is 6.67. The molecule has 0 fully saturated rings. The third-order valence-electron chi connectivity index (χ3n) is 5.48. The molecule has 0 spiro atoms. The van der Waals surface area contributed by atoms with Crippen LogP contribution in [0.5, 0.6) is 0 Å². The van der Waals surface area contributed by atoms with Crippen LogP contribution in [-0.2, 0) is 9.59 Å². The summed E-state index contributed by atoms with van der Waals surface area (Å²) in [5, 5.41) is 17.9. The molecule has 2 N–H and O–H groups in total. The summed E-state index contributed by atoms with van der Waals surface area (Å²) in [7, 11) is 0. The number of aliphatic carboxylic acids is 2. The van der Waals surface area contributed by atoms with Crippen LogP contribution in [0.15, 0.2) is 0 Å². The van der Waals surface area contributed by atoms with E-state index in [1.807, 2.05) is 0 Å². The molecule has 0 saturated carbocycles. The quantitative estimate of drug-likeness (QED) is 0.249. The Kier molecular flexibility index (Phi) is 16.7. The van der Waals surface area contributed by atoms with Crippen molar-refractivity contribution in [2.24, 2.45) is 11.8 Å². The zero-order valence-corrected chi connectivity index (χ0v) is 17.2. The van der Waals surface area contributed by atoms with Crippen molar-refractivity contribution in [2.45, 2.75) is 117 Å². The van der Waals surface area contributed by atoms with Crippen LogP contribution in [-0.4, -0.2) is 22.2 Å². The van der Waals surface area contributed by atoms with Crippen LogP contribution in [0, 0.1) is 11.8 Å².